The Morgan fingerprint density at radius 3 is 2.59 bits per heavy atom. The van der Waals surface area contributed by atoms with Crippen molar-refractivity contribution >= 4 is 5.69 Å². The average Bonchev–Trinajstić information content (AvgIpc) is 2.28. The fourth-order valence-corrected chi connectivity index (χ4v) is 1.22. The summed E-state index contributed by atoms with van der Waals surface area (Å²) in [5, 5.41) is 28.1. The van der Waals surface area contributed by atoms with Crippen molar-refractivity contribution in [2.45, 2.75) is 12.0 Å². The van der Waals surface area contributed by atoms with E-state index in [1.54, 1.807) is 0 Å². The first-order valence-corrected chi connectivity index (χ1v) is 4.51. The summed E-state index contributed by atoms with van der Waals surface area (Å²) >= 11 is 0. The van der Waals surface area contributed by atoms with Crippen LogP contribution < -0.4 is 5.73 Å². The van der Waals surface area contributed by atoms with Gasteiger partial charge in [0.05, 0.1) is 11.0 Å². The first kappa shape index (κ1) is 13.3. The Morgan fingerprint density at radius 1 is 1.53 bits per heavy atom. The summed E-state index contributed by atoms with van der Waals surface area (Å²) in [5.41, 5.74) is 4.23. The van der Waals surface area contributed by atoms with Crippen LogP contribution >= 0.6 is 0 Å². The molecule has 0 amide bonds. The van der Waals surface area contributed by atoms with E-state index in [4.69, 9.17) is 15.9 Å². The first-order chi connectivity index (χ1) is 7.79. The molecule has 0 spiro atoms. The summed E-state index contributed by atoms with van der Waals surface area (Å²) in [5.74, 6) is -4.23. The lowest BCUT2D eigenvalue weighted by molar-refractivity contribution is -0.386. The molecule has 0 saturated heterocycles. The number of phenols is 1. The lowest BCUT2D eigenvalue weighted by atomic mass is 10.0. The summed E-state index contributed by atoms with van der Waals surface area (Å²) in [6, 6.07) is 0.813. The molecule has 0 heterocycles. The number of hydrogen-bond donors (Lipinski definition) is 3. The van der Waals surface area contributed by atoms with Crippen molar-refractivity contribution in [2.75, 3.05) is 6.61 Å². The maximum absolute atomic E-state index is 13.1. The van der Waals surface area contributed by atoms with Gasteiger partial charge in [-0.15, -0.1) is 0 Å². The van der Waals surface area contributed by atoms with Crippen LogP contribution in [-0.4, -0.2) is 27.7 Å². The lowest BCUT2D eigenvalue weighted by Gasteiger charge is -2.21. The summed E-state index contributed by atoms with van der Waals surface area (Å²) in [6.07, 6.45) is 0. The third kappa shape index (κ3) is 2.66. The second-order valence-electron chi connectivity index (χ2n) is 3.40. The van der Waals surface area contributed by atoms with Crippen molar-refractivity contribution in [3.8, 4) is 5.75 Å². The zero-order valence-corrected chi connectivity index (χ0v) is 8.51. The maximum atomic E-state index is 13.1. The van der Waals surface area contributed by atoms with Crippen LogP contribution in [0.5, 0.6) is 5.75 Å². The number of aromatic hydroxyl groups is 1. The molecule has 4 N–H and O–H groups in total. The van der Waals surface area contributed by atoms with Crippen molar-refractivity contribution in [1.82, 2.24) is 0 Å². The number of alkyl halides is 2. The average molecular weight is 248 g/mol. The predicted octanol–water partition coefficient (Wildman–Crippen LogP) is 0.928. The van der Waals surface area contributed by atoms with Gasteiger partial charge in [-0.1, -0.05) is 6.07 Å². The second-order valence-corrected chi connectivity index (χ2v) is 3.40. The number of aliphatic hydroxyl groups is 1. The van der Waals surface area contributed by atoms with Gasteiger partial charge >= 0.3 is 5.69 Å². The quantitative estimate of drug-likeness (QED) is 0.542. The molecule has 0 aliphatic rings. The largest absolute Gasteiger partial charge is 0.502 e. The van der Waals surface area contributed by atoms with E-state index in [2.05, 4.69) is 0 Å². The van der Waals surface area contributed by atoms with Crippen LogP contribution in [0, 0.1) is 10.1 Å². The molecule has 0 radical (unpaired) electrons. The number of nitrogens with zero attached hydrogens (tertiary/aromatic N) is 1. The molecule has 0 aliphatic heterocycles. The highest BCUT2D eigenvalue weighted by Crippen LogP contribution is 2.33. The molecule has 0 fully saturated rings. The highest BCUT2D eigenvalue weighted by Gasteiger charge is 2.38. The summed E-state index contributed by atoms with van der Waals surface area (Å²) < 4.78 is 26.1. The summed E-state index contributed by atoms with van der Waals surface area (Å²) in [4.78, 5) is 9.57. The molecule has 0 bridgehead atoms. The molecule has 6 nitrogen and oxygen atoms in total. The Kier molecular flexibility index (Phi) is 3.59. The van der Waals surface area contributed by atoms with Gasteiger partial charge < -0.3 is 15.9 Å². The molecule has 0 unspecified atom stereocenters. The van der Waals surface area contributed by atoms with Gasteiger partial charge in [-0.2, -0.15) is 0 Å². The SMILES string of the molecule is N[C@@H](c1ccc(O)c([N+](=O)[O-])c1)C(F)(F)CO. The molecule has 1 aromatic rings. The van der Waals surface area contributed by atoms with Crippen molar-refractivity contribution in [2.24, 2.45) is 5.73 Å². The van der Waals surface area contributed by atoms with Crippen molar-refractivity contribution in [3.63, 3.8) is 0 Å². The molecule has 0 aliphatic carbocycles. The van der Waals surface area contributed by atoms with E-state index < -0.39 is 34.9 Å². The third-order valence-corrected chi connectivity index (χ3v) is 2.22. The molecule has 1 atom stereocenters. The van der Waals surface area contributed by atoms with E-state index in [0.29, 0.717) is 0 Å². The van der Waals surface area contributed by atoms with E-state index in [-0.39, 0.29) is 5.56 Å². The normalized spacial score (nSPS) is 13.4. The van der Waals surface area contributed by atoms with E-state index in [1.165, 1.54) is 0 Å². The smallest absolute Gasteiger partial charge is 0.311 e. The van der Waals surface area contributed by atoms with Crippen LogP contribution in [0.25, 0.3) is 0 Å². The lowest BCUT2D eigenvalue weighted by Crippen LogP contribution is -2.36. The van der Waals surface area contributed by atoms with Crippen LogP contribution in [0.1, 0.15) is 11.6 Å². The van der Waals surface area contributed by atoms with Gasteiger partial charge in [0.25, 0.3) is 5.92 Å². The number of benzene rings is 1. The van der Waals surface area contributed by atoms with Gasteiger partial charge in [-0.25, -0.2) is 8.78 Å². The van der Waals surface area contributed by atoms with E-state index in [0.717, 1.165) is 18.2 Å². The zero-order valence-electron chi connectivity index (χ0n) is 8.51. The van der Waals surface area contributed by atoms with Gasteiger partial charge in [-0.05, 0) is 11.6 Å². The minimum absolute atomic E-state index is 0.242. The van der Waals surface area contributed by atoms with Gasteiger partial charge in [0, 0.05) is 6.07 Å². The Hall–Kier alpha value is -1.80. The number of rotatable bonds is 4. The Bertz CT molecular complexity index is 439. The third-order valence-electron chi connectivity index (χ3n) is 2.22. The Morgan fingerprint density at radius 2 is 2.12 bits per heavy atom. The first-order valence-electron chi connectivity index (χ1n) is 4.51. The van der Waals surface area contributed by atoms with Gasteiger partial charge in [0.1, 0.15) is 6.61 Å². The molecular weight excluding hydrogens is 238 g/mol. The molecule has 17 heavy (non-hydrogen) atoms. The predicted molar refractivity (Wildman–Crippen MR) is 53.7 cm³/mol. The molecule has 0 saturated carbocycles. The van der Waals surface area contributed by atoms with Crippen LogP contribution in [0.4, 0.5) is 14.5 Å². The van der Waals surface area contributed by atoms with Crippen LogP contribution in [0.3, 0.4) is 0 Å². The second kappa shape index (κ2) is 4.60. The number of aliphatic hydroxyl groups excluding tert-OH is 1. The minimum atomic E-state index is -3.59. The molecule has 94 valence electrons. The van der Waals surface area contributed by atoms with Gasteiger partial charge in [-0.3, -0.25) is 10.1 Å². The summed E-state index contributed by atoms with van der Waals surface area (Å²) in [6.45, 7) is -1.47. The standard InChI is InChI=1S/C9H10F2N2O4/c10-9(11,4-14)8(12)5-1-2-7(15)6(3-5)13(16)17/h1-3,8,14-15H,4,12H2/t8-/m0/s1. The highest BCUT2D eigenvalue weighted by molar-refractivity contribution is 5.48. The van der Waals surface area contributed by atoms with E-state index in [9.17, 15) is 18.9 Å². The minimum Gasteiger partial charge on any atom is -0.502 e. The fraction of sp³-hybridized carbons (Fsp3) is 0.333. The van der Waals surface area contributed by atoms with E-state index >= 15 is 0 Å². The van der Waals surface area contributed by atoms with Gasteiger partial charge in [0.2, 0.25) is 0 Å². The van der Waals surface area contributed by atoms with Crippen molar-refractivity contribution < 1.29 is 23.9 Å². The van der Waals surface area contributed by atoms with Gasteiger partial charge in [0.15, 0.2) is 5.75 Å². The topological polar surface area (TPSA) is 110 Å². The molecule has 1 aromatic carbocycles. The molecule has 0 aromatic heterocycles. The number of halogens is 2. The number of nitro groups is 1. The molecule has 1 rings (SSSR count). The van der Waals surface area contributed by atoms with Crippen LogP contribution in [0.2, 0.25) is 0 Å². The maximum Gasteiger partial charge on any atom is 0.311 e. The molecular formula is C9H10F2N2O4. The summed E-state index contributed by atoms with van der Waals surface area (Å²) in [7, 11) is 0. The van der Waals surface area contributed by atoms with Crippen LogP contribution in [0.15, 0.2) is 18.2 Å². The number of phenolic OH excluding ortho intramolecular Hbond substituents is 1. The van der Waals surface area contributed by atoms with Crippen LogP contribution in [-0.2, 0) is 0 Å². The van der Waals surface area contributed by atoms with E-state index in [1.807, 2.05) is 0 Å². The zero-order chi connectivity index (χ0) is 13.2. The fourth-order valence-electron chi connectivity index (χ4n) is 1.22. The number of nitro benzene ring substituents is 1. The Labute approximate surface area is 94.4 Å². The Balaban J connectivity index is 3.16. The number of nitrogens with two attached hydrogens (primary N) is 1. The highest BCUT2D eigenvalue weighted by atomic mass is 19.3. The van der Waals surface area contributed by atoms with Crippen molar-refractivity contribution in [1.29, 1.82) is 0 Å². The molecule has 8 heteroatoms. The monoisotopic (exact) mass is 248 g/mol. The van der Waals surface area contributed by atoms with Crippen molar-refractivity contribution in [3.05, 3.63) is 33.9 Å². The number of hydrogen-bond acceptors (Lipinski definition) is 5.